The summed E-state index contributed by atoms with van der Waals surface area (Å²) < 4.78 is 5.45. The van der Waals surface area contributed by atoms with Crippen LogP contribution in [-0.4, -0.2) is 71.0 Å². The molecule has 21 heavy (non-hydrogen) atoms. The number of rotatable bonds is 4. The predicted molar refractivity (Wildman–Crippen MR) is 80.4 cm³/mol. The Morgan fingerprint density at radius 1 is 1.05 bits per heavy atom. The van der Waals surface area contributed by atoms with Gasteiger partial charge in [0.15, 0.2) is 0 Å². The van der Waals surface area contributed by atoms with E-state index in [4.69, 9.17) is 9.84 Å². The Morgan fingerprint density at radius 2 is 1.67 bits per heavy atom. The van der Waals surface area contributed by atoms with Crippen LogP contribution in [0.4, 0.5) is 5.69 Å². The summed E-state index contributed by atoms with van der Waals surface area (Å²) in [5.41, 5.74) is 0.305. The molecule has 4 N–H and O–H groups in total. The van der Waals surface area contributed by atoms with E-state index < -0.39 is 36.5 Å². The summed E-state index contributed by atoms with van der Waals surface area (Å²) in [6.45, 7) is -0.415. The Hall–Kier alpha value is -0.830. The van der Waals surface area contributed by atoms with Gasteiger partial charge in [-0.25, -0.2) is 0 Å². The van der Waals surface area contributed by atoms with E-state index in [0.717, 1.165) is 10.6 Å². The third-order valence-corrected chi connectivity index (χ3v) is 4.62. The molecule has 1 aliphatic rings. The summed E-state index contributed by atoms with van der Waals surface area (Å²) in [6.07, 6.45) is -4.75. The van der Waals surface area contributed by atoms with E-state index in [1.807, 2.05) is 43.3 Å². The van der Waals surface area contributed by atoms with Crippen LogP contribution in [-0.2, 0) is 4.74 Å². The first-order valence-electron chi connectivity index (χ1n) is 6.68. The van der Waals surface area contributed by atoms with Gasteiger partial charge in [-0.1, -0.05) is 11.8 Å². The lowest BCUT2D eigenvalue weighted by atomic mass is 10.0. The smallest absolute Gasteiger partial charge is 0.136 e. The van der Waals surface area contributed by atoms with Crippen molar-refractivity contribution < 1.29 is 25.2 Å². The van der Waals surface area contributed by atoms with Gasteiger partial charge in [-0.2, -0.15) is 0 Å². The molecule has 0 amide bonds. The monoisotopic (exact) mass is 315 g/mol. The van der Waals surface area contributed by atoms with E-state index in [1.54, 1.807) is 0 Å². The number of ether oxygens (including phenoxy) is 1. The van der Waals surface area contributed by atoms with Crippen molar-refractivity contribution in [3.8, 4) is 0 Å². The number of aliphatic hydroxyl groups is 4. The molecule has 118 valence electrons. The Morgan fingerprint density at radius 3 is 2.19 bits per heavy atom. The molecule has 2 rings (SSSR count). The first kappa shape index (κ1) is 16.5. The minimum atomic E-state index is -1.34. The zero-order chi connectivity index (χ0) is 15.6. The normalized spacial score (nSPS) is 33.0. The van der Waals surface area contributed by atoms with E-state index >= 15 is 0 Å². The molecule has 0 saturated carbocycles. The lowest BCUT2D eigenvalue weighted by molar-refractivity contribution is -0.205. The minimum absolute atomic E-state index is 0.415. The van der Waals surface area contributed by atoms with Gasteiger partial charge < -0.3 is 30.1 Å². The molecule has 0 radical (unpaired) electrons. The predicted octanol–water partition coefficient (Wildman–Crippen LogP) is -0.355. The molecular weight excluding hydrogens is 294 g/mol. The molecule has 1 aromatic carbocycles. The molecule has 7 heteroatoms. The second-order valence-electron chi connectivity index (χ2n) is 5.20. The van der Waals surface area contributed by atoms with Crippen molar-refractivity contribution in [2.75, 3.05) is 25.6 Å². The molecule has 1 heterocycles. The van der Waals surface area contributed by atoms with E-state index in [9.17, 15) is 15.3 Å². The zero-order valence-corrected chi connectivity index (χ0v) is 12.8. The van der Waals surface area contributed by atoms with Crippen LogP contribution in [0.3, 0.4) is 0 Å². The second-order valence-corrected chi connectivity index (χ2v) is 6.38. The highest BCUT2D eigenvalue weighted by molar-refractivity contribution is 7.99. The van der Waals surface area contributed by atoms with Gasteiger partial charge in [0.1, 0.15) is 29.9 Å². The highest BCUT2D eigenvalue weighted by Crippen LogP contribution is 2.33. The third kappa shape index (κ3) is 3.68. The van der Waals surface area contributed by atoms with Gasteiger partial charge >= 0.3 is 0 Å². The summed E-state index contributed by atoms with van der Waals surface area (Å²) in [5, 5.41) is 38.6. The maximum Gasteiger partial charge on any atom is 0.136 e. The van der Waals surface area contributed by atoms with Crippen LogP contribution < -0.4 is 4.90 Å². The lowest BCUT2D eigenvalue weighted by Crippen LogP contribution is -2.57. The topological polar surface area (TPSA) is 93.4 Å². The number of anilines is 1. The van der Waals surface area contributed by atoms with Crippen molar-refractivity contribution in [3.63, 3.8) is 0 Å². The number of hydrogen-bond acceptors (Lipinski definition) is 7. The highest BCUT2D eigenvalue weighted by atomic mass is 32.2. The van der Waals surface area contributed by atoms with Crippen LogP contribution in [0.5, 0.6) is 0 Å². The molecule has 0 aliphatic carbocycles. The largest absolute Gasteiger partial charge is 0.394 e. The first-order chi connectivity index (χ1) is 9.93. The van der Waals surface area contributed by atoms with Crippen LogP contribution in [0.1, 0.15) is 0 Å². The van der Waals surface area contributed by atoms with Gasteiger partial charge in [0, 0.05) is 24.7 Å². The van der Waals surface area contributed by atoms with Gasteiger partial charge in [-0.15, -0.1) is 0 Å². The summed E-state index contributed by atoms with van der Waals surface area (Å²) in [4.78, 5) is 2.84. The minimum Gasteiger partial charge on any atom is -0.394 e. The fraction of sp³-hybridized carbons (Fsp3) is 0.571. The van der Waals surface area contributed by atoms with Crippen LogP contribution in [0.15, 0.2) is 29.2 Å². The summed E-state index contributed by atoms with van der Waals surface area (Å²) in [7, 11) is 3.89. The van der Waals surface area contributed by atoms with Crippen LogP contribution in [0.25, 0.3) is 0 Å². The van der Waals surface area contributed by atoms with E-state index in [1.165, 1.54) is 11.8 Å². The molecule has 1 fully saturated rings. The van der Waals surface area contributed by atoms with Crippen molar-refractivity contribution in [2.45, 2.75) is 34.7 Å². The quantitative estimate of drug-likeness (QED) is 0.603. The molecular formula is C14H21NO5S. The second kappa shape index (κ2) is 6.95. The van der Waals surface area contributed by atoms with E-state index in [0.29, 0.717) is 0 Å². The summed E-state index contributed by atoms with van der Waals surface area (Å²) in [5.74, 6) is 0. The Kier molecular flexibility index (Phi) is 5.48. The standard InChI is InChI=1S/C14H21NO5S/c1-15(2)8-3-5-9(6-4-8)21-14-13(19)12(18)11(17)10(7-16)20-14/h3-6,10-14,16-19H,7H2,1-2H3/t10-,11+,12+,13-,14+/m0/s1. The molecule has 1 saturated heterocycles. The van der Waals surface area contributed by atoms with Crippen molar-refractivity contribution in [2.24, 2.45) is 0 Å². The molecule has 0 spiro atoms. The van der Waals surface area contributed by atoms with E-state index in [-0.39, 0.29) is 0 Å². The average Bonchev–Trinajstić information content (AvgIpc) is 2.48. The van der Waals surface area contributed by atoms with Gasteiger partial charge in [0.25, 0.3) is 0 Å². The fourth-order valence-electron chi connectivity index (χ4n) is 2.12. The molecule has 0 unspecified atom stereocenters. The van der Waals surface area contributed by atoms with Gasteiger partial charge in [-0.3, -0.25) is 0 Å². The van der Waals surface area contributed by atoms with Crippen molar-refractivity contribution >= 4 is 17.4 Å². The van der Waals surface area contributed by atoms with Crippen molar-refractivity contribution in [1.29, 1.82) is 0 Å². The summed E-state index contributed by atoms with van der Waals surface area (Å²) in [6, 6.07) is 7.65. The molecule has 0 bridgehead atoms. The SMILES string of the molecule is CN(C)c1ccc(S[C@H]2O[C@@H](CO)[C@@H](O)[C@@H](O)[C@@H]2O)cc1. The Balaban J connectivity index is 2.07. The number of nitrogens with zero attached hydrogens (tertiary/aromatic N) is 1. The Labute approximate surface area is 128 Å². The molecule has 1 aliphatic heterocycles. The first-order valence-corrected chi connectivity index (χ1v) is 7.56. The molecule has 6 nitrogen and oxygen atoms in total. The van der Waals surface area contributed by atoms with Crippen LogP contribution in [0, 0.1) is 0 Å². The number of hydrogen-bond donors (Lipinski definition) is 4. The van der Waals surface area contributed by atoms with Crippen LogP contribution >= 0.6 is 11.8 Å². The highest BCUT2D eigenvalue weighted by Gasteiger charge is 2.43. The van der Waals surface area contributed by atoms with E-state index in [2.05, 4.69) is 0 Å². The maximum atomic E-state index is 9.98. The molecule has 0 aromatic heterocycles. The Bertz CT molecular complexity index is 453. The van der Waals surface area contributed by atoms with Crippen LogP contribution in [0.2, 0.25) is 0 Å². The van der Waals surface area contributed by atoms with Crippen molar-refractivity contribution in [3.05, 3.63) is 24.3 Å². The fourth-order valence-corrected chi connectivity index (χ4v) is 3.18. The third-order valence-electron chi connectivity index (χ3n) is 3.45. The average molecular weight is 315 g/mol. The number of thioether (sulfide) groups is 1. The van der Waals surface area contributed by atoms with Crippen molar-refractivity contribution in [1.82, 2.24) is 0 Å². The lowest BCUT2D eigenvalue weighted by Gasteiger charge is -2.39. The molecule has 1 aromatic rings. The maximum absolute atomic E-state index is 9.98. The zero-order valence-electron chi connectivity index (χ0n) is 12.0. The van der Waals surface area contributed by atoms with Gasteiger partial charge in [0.05, 0.1) is 6.61 Å². The molecule has 5 atom stereocenters. The number of benzene rings is 1. The summed E-state index contributed by atoms with van der Waals surface area (Å²) >= 11 is 1.25. The van der Waals surface area contributed by atoms with Gasteiger partial charge in [-0.05, 0) is 24.3 Å². The number of aliphatic hydroxyl groups excluding tert-OH is 4. The van der Waals surface area contributed by atoms with Gasteiger partial charge in [0.2, 0.25) is 0 Å².